The summed E-state index contributed by atoms with van der Waals surface area (Å²) in [6, 6.07) is 11.6. The van der Waals surface area contributed by atoms with Crippen LogP contribution >= 0.6 is 22.9 Å². The number of aryl methyl sites for hydroxylation is 1. The summed E-state index contributed by atoms with van der Waals surface area (Å²) in [5, 5.41) is 2.05. The van der Waals surface area contributed by atoms with Crippen LogP contribution in [0, 0.1) is 13.8 Å². The van der Waals surface area contributed by atoms with E-state index < -0.39 is 8.32 Å². The SMILES string of the molecule is CC[Si](CC)(CC)OC(c1ccc(Cl)cc1)c1sc(C)c(C)[n+]1C. The number of halogens is 1. The van der Waals surface area contributed by atoms with Gasteiger partial charge in [-0.2, -0.15) is 4.57 Å². The Morgan fingerprint density at radius 3 is 2.04 bits per heavy atom. The summed E-state index contributed by atoms with van der Waals surface area (Å²) in [5.74, 6) is 0. The minimum absolute atomic E-state index is 0.00353. The Hall–Kier alpha value is -0.683. The van der Waals surface area contributed by atoms with E-state index in [1.165, 1.54) is 21.1 Å². The van der Waals surface area contributed by atoms with E-state index in [-0.39, 0.29) is 6.10 Å². The lowest BCUT2D eigenvalue weighted by atomic mass is 10.1. The van der Waals surface area contributed by atoms with Gasteiger partial charge in [-0.1, -0.05) is 55.8 Å². The van der Waals surface area contributed by atoms with Crippen molar-refractivity contribution in [2.45, 2.75) is 58.9 Å². The fourth-order valence-electron chi connectivity index (χ4n) is 3.08. The molecule has 0 N–H and O–H groups in total. The molecule has 24 heavy (non-hydrogen) atoms. The van der Waals surface area contributed by atoms with Crippen LogP contribution in [0.25, 0.3) is 0 Å². The average molecular weight is 383 g/mol. The molecule has 132 valence electrons. The third kappa shape index (κ3) is 3.93. The standard InChI is InChI=1S/C19H29ClNOSSi/c1-7-24(8-2,9-3)22-18(16-10-12-17(20)13-11-16)19-21(6)14(4)15(5)23-19/h10-13,18H,7-9H2,1-6H3/q+1. The molecule has 0 aliphatic heterocycles. The first-order valence-corrected chi connectivity index (χ1v) is 12.5. The summed E-state index contributed by atoms with van der Waals surface area (Å²) in [7, 11) is 0.416. The minimum atomic E-state index is -1.73. The summed E-state index contributed by atoms with van der Waals surface area (Å²) < 4.78 is 9.22. The molecular formula is C19H29ClNOSSi+. The molecule has 0 spiro atoms. The summed E-state index contributed by atoms with van der Waals surface area (Å²) in [6.45, 7) is 11.2. The van der Waals surface area contributed by atoms with Crippen LogP contribution in [0.3, 0.4) is 0 Å². The van der Waals surface area contributed by atoms with Crippen molar-refractivity contribution in [3.05, 3.63) is 50.4 Å². The van der Waals surface area contributed by atoms with Crippen LogP contribution in [-0.4, -0.2) is 8.32 Å². The topological polar surface area (TPSA) is 13.1 Å². The minimum Gasteiger partial charge on any atom is -0.400 e. The maximum atomic E-state index is 6.93. The van der Waals surface area contributed by atoms with Crippen LogP contribution in [0.2, 0.25) is 23.2 Å². The molecule has 1 atom stereocenters. The molecule has 1 heterocycles. The molecule has 1 aromatic carbocycles. The first kappa shape index (κ1) is 19.6. The molecule has 0 aliphatic rings. The molecular weight excluding hydrogens is 354 g/mol. The summed E-state index contributed by atoms with van der Waals surface area (Å²) in [6.07, 6.45) is -0.00353. The van der Waals surface area contributed by atoms with Gasteiger partial charge in [0.15, 0.2) is 20.1 Å². The molecule has 0 bridgehead atoms. The van der Waals surface area contributed by atoms with E-state index in [0.29, 0.717) is 0 Å². The fraction of sp³-hybridized carbons (Fsp3) is 0.526. The van der Waals surface area contributed by atoms with E-state index >= 15 is 0 Å². The Kier molecular flexibility index (Phi) is 6.65. The van der Waals surface area contributed by atoms with Gasteiger partial charge in [-0.25, -0.2) is 0 Å². The first-order chi connectivity index (χ1) is 11.4. The number of aromatic nitrogens is 1. The molecule has 0 saturated carbocycles. The predicted molar refractivity (Wildman–Crippen MR) is 107 cm³/mol. The highest BCUT2D eigenvalue weighted by molar-refractivity contribution is 7.11. The van der Waals surface area contributed by atoms with E-state index in [1.807, 2.05) is 23.5 Å². The van der Waals surface area contributed by atoms with Gasteiger partial charge in [0, 0.05) is 11.9 Å². The van der Waals surface area contributed by atoms with E-state index in [1.54, 1.807) is 0 Å². The molecule has 5 heteroatoms. The second-order valence-electron chi connectivity index (χ2n) is 6.43. The van der Waals surface area contributed by atoms with Crippen LogP contribution in [-0.2, 0) is 11.5 Å². The Labute approximate surface area is 156 Å². The number of benzene rings is 1. The largest absolute Gasteiger partial charge is 0.400 e. The fourth-order valence-corrected chi connectivity index (χ4v) is 7.20. The highest BCUT2D eigenvalue weighted by Crippen LogP contribution is 2.36. The normalized spacial score (nSPS) is 13.3. The quantitative estimate of drug-likeness (QED) is 0.425. The molecule has 2 aromatic rings. The molecule has 1 unspecified atom stereocenters. The molecule has 0 saturated heterocycles. The van der Waals surface area contributed by atoms with Crippen LogP contribution < -0.4 is 4.57 Å². The highest BCUT2D eigenvalue weighted by atomic mass is 35.5. The Morgan fingerprint density at radius 1 is 1.08 bits per heavy atom. The van der Waals surface area contributed by atoms with Gasteiger partial charge in [-0.05, 0) is 42.8 Å². The molecule has 2 rings (SSSR count). The van der Waals surface area contributed by atoms with Gasteiger partial charge in [0.2, 0.25) is 0 Å². The predicted octanol–water partition coefficient (Wildman–Crippen LogP) is 5.95. The van der Waals surface area contributed by atoms with Crippen molar-refractivity contribution < 1.29 is 8.99 Å². The average Bonchev–Trinajstić information content (AvgIpc) is 2.85. The zero-order valence-corrected chi connectivity index (χ0v) is 18.2. The van der Waals surface area contributed by atoms with Crippen molar-refractivity contribution in [2.75, 3.05) is 0 Å². The zero-order chi connectivity index (χ0) is 17.9. The van der Waals surface area contributed by atoms with Crippen molar-refractivity contribution in [3.63, 3.8) is 0 Å². The van der Waals surface area contributed by atoms with Gasteiger partial charge in [-0.15, -0.1) is 0 Å². The number of rotatable bonds is 7. The number of nitrogens with zero attached hydrogens (tertiary/aromatic N) is 1. The molecule has 0 radical (unpaired) electrons. The lowest BCUT2D eigenvalue weighted by Crippen LogP contribution is -2.42. The smallest absolute Gasteiger partial charge is 0.270 e. The highest BCUT2D eigenvalue weighted by Gasteiger charge is 2.37. The summed E-state index contributed by atoms with van der Waals surface area (Å²) in [5.41, 5.74) is 2.51. The Balaban J connectivity index is 2.53. The van der Waals surface area contributed by atoms with Crippen molar-refractivity contribution in [1.29, 1.82) is 0 Å². The zero-order valence-electron chi connectivity index (χ0n) is 15.6. The monoisotopic (exact) mass is 382 g/mol. The molecule has 0 amide bonds. The second kappa shape index (κ2) is 8.13. The van der Waals surface area contributed by atoms with Crippen LogP contribution in [0.15, 0.2) is 24.3 Å². The van der Waals surface area contributed by atoms with Gasteiger partial charge < -0.3 is 4.43 Å². The lowest BCUT2D eigenvalue weighted by Gasteiger charge is -2.31. The van der Waals surface area contributed by atoms with E-state index in [9.17, 15) is 0 Å². The maximum Gasteiger partial charge on any atom is 0.270 e. The Morgan fingerprint density at radius 2 is 1.62 bits per heavy atom. The Bertz CT molecular complexity index is 671. The third-order valence-electron chi connectivity index (χ3n) is 5.30. The molecule has 0 aliphatic carbocycles. The van der Waals surface area contributed by atoms with E-state index in [4.69, 9.17) is 16.0 Å². The van der Waals surface area contributed by atoms with Crippen molar-refractivity contribution in [3.8, 4) is 0 Å². The van der Waals surface area contributed by atoms with E-state index in [0.717, 1.165) is 23.2 Å². The maximum absolute atomic E-state index is 6.93. The number of thiazole rings is 1. The summed E-state index contributed by atoms with van der Waals surface area (Å²) >= 11 is 7.95. The number of hydrogen-bond donors (Lipinski definition) is 0. The molecule has 2 nitrogen and oxygen atoms in total. The summed E-state index contributed by atoms with van der Waals surface area (Å²) in [4.78, 5) is 1.35. The van der Waals surface area contributed by atoms with Crippen LogP contribution in [0.4, 0.5) is 0 Å². The van der Waals surface area contributed by atoms with Gasteiger partial charge >= 0.3 is 0 Å². The van der Waals surface area contributed by atoms with Crippen LogP contribution in [0.1, 0.15) is 48.0 Å². The van der Waals surface area contributed by atoms with Gasteiger partial charge in [0.05, 0.1) is 4.88 Å². The van der Waals surface area contributed by atoms with Gasteiger partial charge in [0.1, 0.15) is 7.05 Å². The van der Waals surface area contributed by atoms with Crippen molar-refractivity contribution in [1.82, 2.24) is 0 Å². The lowest BCUT2D eigenvalue weighted by molar-refractivity contribution is -0.682. The molecule has 0 fully saturated rings. The first-order valence-electron chi connectivity index (χ1n) is 8.76. The number of hydrogen-bond acceptors (Lipinski definition) is 2. The van der Waals surface area contributed by atoms with Crippen LogP contribution in [0.5, 0.6) is 0 Å². The van der Waals surface area contributed by atoms with Crippen molar-refractivity contribution in [2.24, 2.45) is 7.05 Å². The molecule has 1 aromatic heterocycles. The van der Waals surface area contributed by atoms with Gasteiger partial charge in [-0.3, -0.25) is 0 Å². The van der Waals surface area contributed by atoms with E-state index in [2.05, 4.69) is 58.4 Å². The van der Waals surface area contributed by atoms with Gasteiger partial charge in [0.25, 0.3) is 5.01 Å². The third-order valence-corrected chi connectivity index (χ3v) is 11.5. The second-order valence-corrected chi connectivity index (χ2v) is 12.8. The van der Waals surface area contributed by atoms with Crippen molar-refractivity contribution >= 4 is 31.3 Å².